The average Bonchev–Trinajstić information content (AvgIpc) is 3.13. The minimum atomic E-state index is -0.945. The van der Waals surface area contributed by atoms with E-state index >= 15 is 0 Å². The maximum absolute atomic E-state index is 12.4. The van der Waals surface area contributed by atoms with Gasteiger partial charge < -0.3 is 9.15 Å². The Morgan fingerprint density at radius 2 is 1.89 bits per heavy atom. The molecule has 1 amide bonds. The number of nitro groups is 1. The number of non-ortho nitro benzene ring substituents is 1. The highest BCUT2D eigenvalue weighted by molar-refractivity contribution is 5.98. The zero-order valence-corrected chi connectivity index (χ0v) is 14.6. The summed E-state index contributed by atoms with van der Waals surface area (Å²) in [5, 5.41) is 16.7. The second kappa shape index (κ2) is 6.62. The van der Waals surface area contributed by atoms with Crippen molar-refractivity contribution in [1.82, 2.24) is 5.01 Å². The Labute approximate surface area is 157 Å². The number of para-hydroxylation sites is 1. The van der Waals surface area contributed by atoms with Gasteiger partial charge in [-0.1, -0.05) is 18.2 Å². The third-order valence-electron chi connectivity index (χ3n) is 4.23. The Bertz CT molecular complexity index is 1180. The molecule has 4 rings (SSSR count). The normalized spacial score (nSPS) is 16.0. The number of carbonyl (C=O) groups is 1. The van der Waals surface area contributed by atoms with Crippen LogP contribution in [0, 0.1) is 10.1 Å². The molecule has 140 valence electrons. The first-order valence-electron chi connectivity index (χ1n) is 8.27. The molecule has 0 saturated carbocycles. The molecule has 0 saturated heterocycles. The molecule has 9 heteroatoms. The van der Waals surface area contributed by atoms with Crippen molar-refractivity contribution in [2.75, 3.05) is 0 Å². The van der Waals surface area contributed by atoms with E-state index in [9.17, 15) is 19.7 Å². The predicted octanol–water partition coefficient (Wildman–Crippen LogP) is 2.94. The molecule has 0 fully saturated rings. The standard InChI is InChI=1S/C19H13N3O6/c1-11(23)21-18(12-6-8-14(9-7-12)22(25)26)28-17(20-21)15-10-13-4-2-3-5-16(13)27-19(15)24/h2-10,18H,1H3. The highest BCUT2D eigenvalue weighted by Crippen LogP contribution is 2.31. The van der Waals surface area contributed by atoms with Crippen molar-refractivity contribution >= 4 is 28.5 Å². The van der Waals surface area contributed by atoms with Gasteiger partial charge >= 0.3 is 5.63 Å². The van der Waals surface area contributed by atoms with Crippen molar-refractivity contribution in [2.45, 2.75) is 13.2 Å². The Morgan fingerprint density at radius 1 is 1.18 bits per heavy atom. The fourth-order valence-electron chi connectivity index (χ4n) is 2.86. The van der Waals surface area contributed by atoms with Gasteiger partial charge in [-0.15, -0.1) is 5.10 Å². The first-order valence-corrected chi connectivity index (χ1v) is 8.27. The molecule has 1 atom stereocenters. The quantitative estimate of drug-likeness (QED) is 0.392. The SMILES string of the molecule is CC(=O)N1N=C(c2cc3ccccc3oc2=O)OC1c1ccc([N+](=O)[O-])cc1. The van der Waals surface area contributed by atoms with Gasteiger partial charge in [0.15, 0.2) is 0 Å². The largest absolute Gasteiger partial charge is 0.445 e. The molecule has 9 nitrogen and oxygen atoms in total. The Kier molecular flexibility index (Phi) is 4.11. The highest BCUT2D eigenvalue weighted by atomic mass is 16.6. The molecule has 1 aliphatic heterocycles. The Hall–Kier alpha value is -4.01. The van der Waals surface area contributed by atoms with Crippen LogP contribution in [0.4, 0.5) is 5.69 Å². The summed E-state index contributed by atoms with van der Waals surface area (Å²) in [5.41, 5.74) is 0.238. The molecule has 2 aromatic carbocycles. The van der Waals surface area contributed by atoms with Gasteiger partial charge in [0.25, 0.3) is 5.69 Å². The van der Waals surface area contributed by atoms with Crippen molar-refractivity contribution in [3.63, 3.8) is 0 Å². The first-order chi connectivity index (χ1) is 13.4. The van der Waals surface area contributed by atoms with Crippen LogP contribution in [0.3, 0.4) is 0 Å². The van der Waals surface area contributed by atoms with Crippen LogP contribution in [-0.2, 0) is 9.53 Å². The van der Waals surface area contributed by atoms with Crippen LogP contribution >= 0.6 is 0 Å². The van der Waals surface area contributed by atoms with Crippen molar-refractivity contribution < 1.29 is 18.9 Å². The van der Waals surface area contributed by atoms with Gasteiger partial charge in [0.2, 0.25) is 18.0 Å². The lowest BCUT2D eigenvalue weighted by Crippen LogP contribution is -2.25. The van der Waals surface area contributed by atoms with Gasteiger partial charge in [0, 0.05) is 30.0 Å². The van der Waals surface area contributed by atoms with E-state index in [1.54, 1.807) is 30.3 Å². The highest BCUT2D eigenvalue weighted by Gasteiger charge is 2.34. The summed E-state index contributed by atoms with van der Waals surface area (Å²) < 4.78 is 11.1. The number of ether oxygens (including phenoxy) is 1. The molecule has 0 N–H and O–H groups in total. The van der Waals surface area contributed by atoms with Gasteiger partial charge in [-0.05, 0) is 24.3 Å². The number of rotatable bonds is 3. The van der Waals surface area contributed by atoms with Crippen LogP contribution < -0.4 is 5.63 Å². The predicted molar refractivity (Wildman–Crippen MR) is 98.5 cm³/mol. The monoisotopic (exact) mass is 379 g/mol. The molecular formula is C19H13N3O6. The van der Waals surface area contributed by atoms with Gasteiger partial charge in [0.05, 0.1) is 4.92 Å². The van der Waals surface area contributed by atoms with Gasteiger partial charge in [-0.2, -0.15) is 5.01 Å². The van der Waals surface area contributed by atoms with E-state index in [1.165, 1.54) is 31.2 Å². The fraction of sp³-hybridized carbons (Fsp3) is 0.105. The van der Waals surface area contributed by atoms with E-state index in [0.29, 0.717) is 16.5 Å². The maximum atomic E-state index is 12.4. The molecule has 28 heavy (non-hydrogen) atoms. The number of hydrogen-bond acceptors (Lipinski definition) is 7. The van der Waals surface area contributed by atoms with E-state index in [4.69, 9.17) is 9.15 Å². The second-order valence-corrected chi connectivity index (χ2v) is 6.07. The molecule has 3 aromatic rings. The summed E-state index contributed by atoms with van der Waals surface area (Å²) in [5.74, 6) is -0.471. The Balaban J connectivity index is 1.73. The van der Waals surface area contributed by atoms with Crippen LogP contribution in [0.25, 0.3) is 11.0 Å². The maximum Gasteiger partial charge on any atom is 0.349 e. The van der Waals surface area contributed by atoms with Crippen molar-refractivity contribution in [3.05, 3.63) is 86.3 Å². The first kappa shape index (κ1) is 17.4. The zero-order chi connectivity index (χ0) is 19.8. The molecule has 0 spiro atoms. The Morgan fingerprint density at radius 3 is 2.57 bits per heavy atom. The number of hydrazone groups is 1. The lowest BCUT2D eigenvalue weighted by molar-refractivity contribution is -0.384. The van der Waals surface area contributed by atoms with Gasteiger partial charge in [0.1, 0.15) is 11.1 Å². The lowest BCUT2D eigenvalue weighted by Gasteiger charge is -2.19. The molecule has 2 heterocycles. The second-order valence-electron chi connectivity index (χ2n) is 6.07. The summed E-state index contributed by atoms with van der Waals surface area (Å²) in [6.45, 7) is 1.30. The third-order valence-corrected chi connectivity index (χ3v) is 4.23. The fourth-order valence-corrected chi connectivity index (χ4v) is 2.86. The minimum absolute atomic E-state index is 0.0574. The van der Waals surface area contributed by atoms with Crippen molar-refractivity contribution in [1.29, 1.82) is 0 Å². The average molecular weight is 379 g/mol. The minimum Gasteiger partial charge on any atom is -0.445 e. The van der Waals surface area contributed by atoms with Crippen LogP contribution in [0.1, 0.15) is 24.3 Å². The van der Waals surface area contributed by atoms with Crippen molar-refractivity contribution in [2.24, 2.45) is 5.10 Å². The van der Waals surface area contributed by atoms with Crippen LogP contribution in [-0.4, -0.2) is 21.7 Å². The number of amides is 1. The number of nitrogens with zero attached hydrogens (tertiary/aromatic N) is 3. The van der Waals surface area contributed by atoms with Crippen LogP contribution in [0.5, 0.6) is 0 Å². The number of hydrogen-bond donors (Lipinski definition) is 0. The van der Waals surface area contributed by atoms with Crippen molar-refractivity contribution in [3.8, 4) is 0 Å². The number of nitro benzene ring substituents is 1. The molecule has 1 aromatic heterocycles. The molecule has 1 unspecified atom stereocenters. The lowest BCUT2D eigenvalue weighted by atomic mass is 10.1. The summed E-state index contributed by atoms with van der Waals surface area (Å²) in [6.07, 6.45) is -0.945. The molecule has 0 bridgehead atoms. The van der Waals surface area contributed by atoms with E-state index in [2.05, 4.69) is 5.10 Å². The van der Waals surface area contributed by atoms with E-state index in [1.807, 2.05) is 0 Å². The molecule has 0 aliphatic carbocycles. The number of carbonyl (C=O) groups excluding carboxylic acids is 1. The molecule has 0 radical (unpaired) electrons. The number of fused-ring (bicyclic) bond motifs is 1. The van der Waals surface area contributed by atoms with E-state index < -0.39 is 22.7 Å². The summed E-state index contributed by atoms with van der Waals surface area (Å²) >= 11 is 0. The molecular weight excluding hydrogens is 366 g/mol. The topological polar surface area (TPSA) is 115 Å². The summed E-state index contributed by atoms with van der Waals surface area (Å²) in [7, 11) is 0. The zero-order valence-electron chi connectivity index (χ0n) is 14.6. The summed E-state index contributed by atoms with van der Waals surface area (Å²) in [4.78, 5) is 34.7. The van der Waals surface area contributed by atoms with E-state index in [-0.39, 0.29) is 17.1 Å². The van der Waals surface area contributed by atoms with Crippen LogP contribution in [0.15, 0.2) is 68.9 Å². The van der Waals surface area contributed by atoms with Gasteiger partial charge in [-0.3, -0.25) is 14.9 Å². The van der Waals surface area contributed by atoms with E-state index in [0.717, 1.165) is 5.01 Å². The molecule has 1 aliphatic rings. The van der Waals surface area contributed by atoms with Crippen LogP contribution in [0.2, 0.25) is 0 Å². The summed E-state index contributed by atoms with van der Waals surface area (Å²) in [6, 6.07) is 14.1. The third kappa shape index (κ3) is 2.98. The van der Waals surface area contributed by atoms with Gasteiger partial charge in [-0.25, -0.2) is 4.79 Å². The smallest absolute Gasteiger partial charge is 0.349 e. The number of benzene rings is 2.